The maximum atomic E-state index is 12.6. The minimum absolute atomic E-state index is 0.129. The lowest BCUT2D eigenvalue weighted by Gasteiger charge is -2.37. The van der Waals surface area contributed by atoms with E-state index in [1.165, 1.54) is 10.5 Å². The Balaban J connectivity index is 2.38. The molecule has 1 heterocycles. The smallest absolute Gasteiger partial charge is 0.312 e. The molecule has 1 atom stereocenters. The summed E-state index contributed by atoms with van der Waals surface area (Å²) in [5.41, 5.74) is 3.67. The summed E-state index contributed by atoms with van der Waals surface area (Å²) >= 11 is 0. The molecule has 0 saturated heterocycles. The number of carbonyl (C=O) groups is 2. The molecule has 1 aliphatic rings. The number of aliphatic hydroxyl groups is 1. The van der Waals surface area contributed by atoms with Crippen molar-refractivity contribution in [1.82, 2.24) is 10.2 Å². The average Bonchev–Trinajstić information content (AvgIpc) is 2.44. The summed E-state index contributed by atoms with van der Waals surface area (Å²) in [5, 5.41) is 12.8. The second-order valence-electron chi connectivity index (χ2n) is 7.48. The highest BCUT2D eigenvalue weighted by Gasteiger charge is 2.36. The number of fused-ring (bicyclic) bond motifs is 1. The second-order valence-corrected chi connectivity index (χ2v) is 7.48. The number of carbonyl (C=O) groups excluding carboxylic acids is 2. The van der Waals surface area contributed by atoms with Crippen LogP contribution in [0.25, 0.3) is 0 Å². The van der Waals surface area contributed by atoms with Gasteiger partial charge in [-0.05, 0) is 63.3 Å². The van der Waals surface area contributed by atoms with Crippen LogP contribution in [0.5, 0.6) is 0 Å². The predicted molar refractivity (Wildman–Crippen MR) is 93.7 cm³/mol. The van der Waals surface area contributed by atoms with Crippen LogP contribution < -0.4 is 5.32 Å². The third-order valence-electron chi connectivity index (χ3n) is 4.24. The first-order valence-corrected chi connectivity index (χ1v) is 8.12. The molecule has 0 aromatic heterocycles. The number of aliphatic hydroxyl groups excluding tert-OH is 1. The van der Waals surface area contributed by atoms with Gasteiger partial charge >= 0.3 is 11.8 Å². The lowest BCUT2D eigenvalue weighted by atomic mass is 9.88. The molecule has 2 rings (SSSR count). The van der Waals surface area contributed by atoms with Crippen molar-refractivity contribution >= 4 is 11.8 Å². The number of hydrogen-bond acceptors (Lipinski definition) is 3. The molecule has 130 valence electrons. The highest BCUT2D eigenvalue weighted by atomic mass is 16.3. The molecule has 1 aromatic carbocycles. The Morgan fingerprint density at radius 3 is 2.38 bits per heavy atom. The molecule has 0 spiro atoms. The van der Waals surface area contributed by atoms with Gasteiger partial charge < -0.3 is 15.3 Å². The van der Waals surface area contributed by atoms with Crippen molar-refractivity contribution in [2.45, 2.75) is 52.6 Å². The van der Waals surface area contributed by atoms with Gasteiger partial charge in [-0.2, -0.15) is 0 Å². The number of rotatable bonds is 1. The highest BCUT2D eigenvalue weighted by molar-refractivity contribution is 6.35. The largest absolute Gasteiger partial charge is 0.510 e. The van der Waals surface area contributed by atoms with Gasteiger partial charge in [0.25, 0.3) is 0 Å². The summed E-state index contributed by atoms with van der Waals surface area (Å²) in [7, 11) is 0. The van der Waals surface area contributed by atoms with E-state index in [0.717, 1.165) is 16.7 Å². The summed E-state index contributed by atoms with van der Waals surface area (Å²) in [6, 6.07) is 3.36. The fourth-order valence-corrected chi connectivity index (χ4v) is 3.01. The first-order valence-electron chi connectivity index (χ1n) is 8.12. The molecule has 2 N–H and O–H groups in total. The number of nitrogens with zero attached hydrogens (tertiary/aromatic N) is 1. The molecule has 0 aliphatic carbocycles. The second kappa shape index (κ2) is 6.30. The first kappa shape index (κ1) is 18.0. The van der Waals surface area contributed by atoms with Gasteiger partial charge in [-0.15, -0.1) is 0 Å². The molecule has 24 heavy (non-hydrogen) atoms. The predicted octanol–water partition coefficient (Wildman–Crippen LogP) is 2.72. The Morgan fingerprint density at radius 1 is 1.25 bits per heavy atom. The zero-order valence-corrected chi connectivity index (χ0v) is 15.1. The zero-order chi connectivity index (χ0) is 18.2. The molecule has 0 saturated carbocycles. The first-order chi connectivity index (χ1) is 11.0. The normalized spacial score (nSPS) is 17.2. The lowest BCUT2D eigenvalue weighted by molar-refractivity contribution is -0.148. The Kier molecular flexibility index (Phi) is 4.74. The standard InChI is InChI=1S/C19H26N2O3/c1-11-9-14-7-8-21(18(24)17(23)20-19(4,5)6)16(13(3)22)15(14)10-12(11)2/h9-10,16,22H,3,7-8H2,1-2,4-6H3,(H,20,23). The Bertz CT molecular complexity index is 701. The number of amides is 2. The van der Waals surface area contributed by atoms with Crippen molar-refractivity contribution in [3.8, 4) is 0 Å². The van der Waals surface area contributed by atoms with Crippen molar-refractivity contribution in [3.63, 3.8) is 0 Å². The quantitative estimate of drug-likeness (QED) is 0.614. The van der Waals surface area contributed by atoms with E-state index in [4.69, 9.17) is 0 Å². The molecule has 2 amide bonds. The van der Waals surface area contributed by atoms with E-state index in [1.807, 2.05) is 40.7 Å². The van der Waals surface area contributed by atoms with Crippen LogP contribution in [-0.4, -0.2) is 33.9 Å². The topological polar surface area (TPSA) is 69.6 Å². The van der Waals surface area contributed by atoms with Crippen LogP contribution in [0.4, 0.5) is 0 Å². The SMILES string of the molecule is C=C(O)C1c2cc(C)c(C)cc2CCN1C(=O)C(=O)NC(C)(C)C. The van der Waals surface area contributed by atoms with Crippen LogP contribution in [0.15, 0.2) is 24.5 Å². The van der Waals surface area contributed by atoms with Gasteiger partial charge in [-0.1, -0.05) is 18.7 Å². The van der Waals surface area contributed by atoms with E-state index < -0.39 is 23.4 Å². The van der Waals surface area contributed by atoms with E-state index in [9.17, 15) is 14.7 Å². The summed E-state index contributed by atoms with van der Waals surface area (Å²) in [6.07, 6.45) is 0.648. The minimum atomic E-state index is -0.689. The number of nitrogens with one attached hydrogen (secondary N) is 1. The minimum Gasteiger partial charge on any atom is -0.510 e. The maximum absolute atomic E-state index is 12.6. The van der Waals surface area contributed by atoms with E-state index in [2.05, 4.69) is 18.0 Å². The van der Waals surface area contributed by atoms with Gasteiger partial charge in [-0.3, -0.25) is 9.59 Å². The Hall–Kier alpha value is -2.30. The number of hydrogen-bond donors (Lipinski definition) is 2. The zero-order valence-electron chi connectivity index (χ0n) is 15.1. The van der Waals surface area contributed by atoms with Gasteiger partial charge in [0.15, 0.2) is 0 Å². The molecule has 0 bridgehead atoms. The van der Waals surface area contributed by atoms with Crippen LogP contribution in [-0.2, 0) is 16.0 Å². The van der Waals surface area contributed by atoms with Crippen LogP contribution in [0.1, 0.15) is 49.1 Å². The summed E-state index contributed by atoms with van der Waals surface area (Å²) < 4.78 is 0. The molecule has 1 unspecified atom stereocenters. The van der Waals surface area contributed by atoms with Gasteiger partial charge in [0.1, 0.15) is 11.8 Å². The molecule has 1 aliphatic heterocycles. The van der Waals surface area contributed by atoms with E-state index >= 15 is 0 Å². The molecule has 0 fully saturated rings. The molecule has 1 aromatic rings. The third-order valence-corrected chi connectivity index (χ3v) is 4.24. The Labute approximate surface area is 143 Å². The Morgan fingerprint density at radius 2 is 1.83 bits per heavy atom. The van der Waals surface area contributed by atoms with Gasteiger partial charge in [0.2, 0.25) is 0 Å². The van der Waals surface area contributed by atoms with Crippen LogP contribution in [0, 0.1) is 13.8 Å². The summed E-state index contributed by atoms with van der Waals surface area (Å²) in [4.78, 5) is 26.3. The monoisotopic (exact) mass is 330 g/mol. The van der Waals surface area contributed by atoms with Crippen molar-refractivity contribution in [1.29, 1.82) is 0 Å². The number of aryl methyl sites for hydroxylation is 2. The maximum Gasteiger partial charge on any atom is 0.312 e. The molecule has 5 nitrogen and oxygen atoms in total. The van der Waals surface area contributed by atoms with E-state index in [1.54, 1.807) is 0 Å². The molecular weight excluding hydrogens is 304 g/mol. The van der Waals surface area contributed by atoms with E-state index in [-0.39, 0.29) is 5.76 Å². The van der Waals surface area contributed by atoms with Crippen molar-refractivity contribution in [2.75, 3.05) is 6.54 Å². The molecule has 5 heteroatoms. The molecule has 0 radical (unpaired) electrons. The van der Waals surface area contributed by atoms with Crippen LogP contribution >= 0.6 is 0 Å². The van der Waals surface area contributed by atoms with Crippen molar-refractivity contribution in [2.24, 2.45) is 0 Å². The van der Waals surface area contributed by atoms with Crippen molar-refractivity contribution < 1.29 is 14.7 Å². The lowest BCUT2D eigenvalue weighted by Crippen LogP contribution is -2.52. The highest BCUT2D eigenvalue weighted by Crippen LogP contribution is 2.35. The number of benzene rings is 1. The molecular formula is C19H26N2O3. The fourth-order valence-electron chi connectivity index (χ4n) is 3.01. The summed E-state index contributed by atoms with van der Waals surface area (Å²) in [6.45, 7) is 13.5. The van der Waals surface area contributed by atoms with E-state index in [0.29, 0.717) is 13.0 Å². The third kappa shape index (κ3) is 3.61. The van der Waals surface area contributed by atoms with Gasteiger partial charge in [0.05, 0.1) is 0 Å². The fraction of sp³-hybridized carbons (Fsp3) is 0.474. The van der Waals surface area contributed by atoms with Gasteiger partial charge in [0, 0.05) is 12.1 Å². The van der Waals surface area contributed by atoms with Crippen LogP contribution in [0.3, 0.4) is 0 Å². The van der Waals surface area contributed by atoms with Gasteiger partial charge in [-0.25, -0.2) is 0 Å². The average molecular weight is 330 g/mol. The van der Waals surface area contributed by atoms with Crippen LogP contribution in [0.2, 0.25) is 0 Å². The summed E-state index contributed by atoms with van der Waals surface area (Å²) in [5.74, 6) is -1.44. The van der Waals surface area contributed by atoms with Crippen molar-refractivity contribution in [3.05, 3.63) is 46.7 Å².